The van der Waals surface area contributed by atoms with E-state index in [9.17, 15) is 23.2 Å². The van der Waals surface area contributed by atoms with E-state index in [2.05, 4.69) is 10.5 Å². The summed E-state index contributed by atoms with van der Waals surface area (Å²) in [5.74, 6) is -1.44. The van der Waals surface area contributed by atoms with Gasteiger partial charge >= 0.3 is 5.97 Å². The Hall–Kier alpha value is -5.12. The van der Waals surface area contributed by atoms with Gasteiger partial charge in [-0.25, -0.2) is 8.78 Å². The van der Waals surface area contributed by atoms with Crippen LogP contribution in [0, 0.1) is 11.6 Å². The van der Waals surface area contributed by atoms with Crippen molar-refractivity contribution in [2.45, 2.75) is 32.1 Å². The largest absolute Gasteiger partial charge is 0.481 e. The van der Waals surface area contributed by atoms with Crippen LogP contribution in [-0.2, 0) is 17.6 Å². The van der Waals surface area contributed by atoms with Crippen molar-refractivity contribution in [3.8, 4) is 5.69 Å². The molecule has 0 saturated heterocycles. The van der Waals surface area contributed by atoms with E-state index in [4.69, 9.17) is 9.63 Å². The van der Waals surface area contributed by atoms with E-state index in [1.807, 2.05) is 0 Å². The van der Waals surface area contributed by atoms with E-state index in [0.717, 1.165) is 5.56 Å². The second kappa shape index (κ2) is 12.0. The summed E-state index contributed by atoms with van der Waals surface area (Å²) < 4.78 is 33.5. The fourth-order valence-corrected chi connectivity index (χ4v) is 4.60. The van der Waals surface area contributed by atoms with Crippen LogP contribution in [0.25, 0.3) is 16.5 Å². The molecule has 2 heterocycles. The maximum absolute atomic E-state index is 13.6. The molecule has 2 N–H and O–H groups in total. The number of benzene rings is 3. The zero-order valence-electron chi connectivity index (χ0n) is 21.8. The van der Waals surface area contributed by atoms with E-state index in [-0.39, 0.29) is 29.2 Å². The maximum atomic E-state index is 13.6. The van der Waals surface area contributed by atoms with Crippen molar-refractivity contribution in [3.63, 3.8) is 0 Å². The molecule has 0 aliphatic heterocycles. The van der Waals surface area contributed by atoms with Crippen LogP contribution in [0.1, 0.15) is 46.6 Å². The van der Waals surface area contributed by atoms with Gasteiger partial charge in [0, 0.05) is 41.2 Å². The molecule has 0 saturated carbocycles. The zero-order valence-corrected chi connectivity index (χ0v) is 21.8. The fourth-order valence-electron chi connectivity index (χ4n) is 4.60. The fraction of sp³-hybridized carbons (Fsp3) is 0.161. The van der Waals surface area contributed by atoms with Gasteiger partial charge in [0.05, 0.1) is 0 Å². The summed E-state index contributed by atoms with van der Waals surface area (Å²) >= 11 is 0. The van der Waals surface area contributed by atoms with Crippen molar-refractivity contribution < 1.29 is 28.0 Å². The molecule has 41 heavy (non-hydrogen) atoms. The quantitative estimate of drug-likeness (QED) is 0.207. The van der Waals surface area contributed by atoms with Crippen molar-refractivity contribution >= 4 is 28.5 Å². The van der Waals surface area contributed by atoms with Gasteiger partial charge in [-0.05, 0) is 90.9 Å². The number of hydrogen-bond donors (Lipinski definition) is 2. The minimum atomic E-state index is -0.898. The highest BCUT2D eigenvalue weighted by molar-refractivity contribution is 6.06. The van der Waals surface area contributed by atoms with Gasteiger partial charge in [0.1, 0.15) is 17.4 Å². The number of pyridine rings is 1. The molecule has 0 atom stereocenters. The van der Waals surface area contributed by atoms with Crippen molar-refractivity contribution in [1.29, 1.82) is 0 Å². The SMILES string of the molecule is O=C(O)CCCCc1cc2cc(C(=O)Nc3cc(Cc4ccc(F)cc4)on3)ccc2c(=O)n1-c1ccc(F)cc1. The molecule has 0 radical (unpaired) electrons. The Morgan fingerprint density at radius 2 is 1.61 bits per heavy atom. The highest BCUT2D eigenvalue weighted by Gasteiger charge is 2.16. The molecular formula is C31H25F2N3O5. The van der Waals surface area contributed by atoms with E-state index < -0.39 is 17.7 Å². The van der Waals surface area contributed by atoms with Crippen LogP contribution in [0.2, 0.25) is 0 Å². The normalized spacial score (nSPS) is 11.1. The smallest absolute Gasteiger partial charge is 0.303 e. The van der Waals surface area contributed by atoms with Crippen LogP contribution in [0.15, 0.2) is 88.2 Å². The van der Waals surface area contributed by atoms with Gasteiger partial charge in [-0.1, -0.05) is 17.3 Å². The number of nitrogens with zero attached hydrogens (tertiary/aromatic N) is 2. The number of carboxylic acid groups (broad SMARTS) is 1. The number of aryl methyl sites for hydroxylation is 1. The molecule has 0 aliphatic rings. The summed E-state index contributed by atoms with van der Waals surface area (Å²) in [4.78, 5) is 37.5. The lowest BCUT2D eigenvalue weighted by atomic mass is 10.0. The van der Waals surface area contributed by atoms with Gasteiger partial charge < -0.3 is 14.9 Å². The average molecular weight is 558 g/mol. The van der Waals surface area contributed by atoms with Crippen LogP contribution in [0.5, 0.6) is 0 Å². The molecule has 0 spiro atoms. The van der Waals surface area contributed by atoms with Crippen molar-refractivity contribution in [2.24, 2.45) is 0 Å². The Labute approximate surface area is 232 Å². The van der Waals surface area contributed by atoms with Gasteiger partial charge in [0.15, 0.2) is 5.82 Å². The van der Waals surface area contributed by atoms with Crippen LogP contribution in [-0.4, -0.2) is 26.7 Å². The first-order chi connectivity index (χ1) is 19.8. The number of nitrogens with one attached hydrogen (secondary N) is 1. The molecule has 0 bridgehead atoms. The number of rotatable bonds is 10. The monoisotopic (exact) mass is 557 g/mol. The average Bonchev–Trinajstić information content (AvgIpc) is 3.39. The summed E-state index contributed by atoms with van der Waals surface area (Å²) in [5.41, 5.74) is 1.86. The minimum Gasteiger partial charge on any atom is -0.481 e. The number of carbonyl (C=O) groups is 2. The predicted molar refractivity (Wildman–Crippen MR) is 148 cm³/mol. The topological polar surface area (TPSA) is 114 Å². The highest BCUT2D eigenvalue weighted by atomic mass is 19.1. The Balaban J connectivity index is 1.40. The number of carboxylic acids is 1. The molecule has 10 heteroatoms. The Bertz CT molecular complexity index is 1780. The van der Waals surface area contributed by atoms with Gasteiger partial charge in [0.25, 0.3) is 11.5 Å². The number of anilines is 1. The molecule has 0 aliphatic carbocycles. The van der Waals surface area contributed by atoms with Crippen LogP contribution in [0.4, 0.5) is 14.6 Å². The Kier molecular flexibility index (Phi) is 8.00. The van der Waals surface area contributed by atoms with E-state index >= 15 is 0 Å². The maximum Gasteiger partial charge on any atom is 0.303 e. The molecule has 5 rings (SSSR count). The number of aliphatic carboxylic acids is 1. The van der Waals surface area contributed by atoms with Crippen LogP contribution < -0.4 is 10.9 Å². The molecule has 8 nitrogen and oxygen atoms in total. The standard InChI is InChI=1S/C31H25F2N3O5/c32-22-8-5-19(6-9-22)15-26-18-28(35-41-26)34-30(39)20-7-14-27-21(16-20)17-25(3-1-2-4-29(37)38)36(31(27)40)24-12-10-23(33)11-13-24/h5-14,16-18H,1-4,15H2,(H,37,38)(H,34,35,39). The van der Waals surface area contributed by atoms with Crippen molar-refractivity contribution in [3.05, 3.63) is 123 Å². The first kappa shape index (κ1) is 27.4. The van der Waals surface area contributed by atoms with Gasteiger partial charge in [-0.2, -0.15) is 0 Å². The highest BCUT2D eigenvalue weighted by Crippen LogP contribution is 2.21. The number of fused-ring (bicyclic) bond motifs is 1. The third-order valence-corrected chi connectivity index (χ3v) is 6.61. The lowest BCUT2D eigenvalue weighted by Gasteiger charge is -2.15. The van der Waals surface area contributed by atoms with E-state index in [1.165, 1.54) is 47.0 Å². The van der Waals surface area contributed by atoms with E-state index in [1.54, 1.807) is 36.4 Å². The van der Waals surface area contributed by atoms with Crippen molar-refractivity contribution in [1.82, 2.24) is 9.72 Å². The Morgan fingerprint density at radius 1 is 0.902 bits per heavy atom. The number of aromatic nitrogens is 2. The molecule has 5 aromatic rings. The molecule has 208 valence electrons. The third-order valence-electron chi connectivity index (χ3n) is 6.61. The molecular weight excluding hydrogens is 532 g/mol. The second-order valence-corrected chi connectivity index (χ2v) is 9.59. The van der Waals surface area contributed by atoms with E-state index in [0.29, 0.717) is 53.6 Å². The van der Waals surface area contributed by atoms with Gasteiger partial charge in [-0.15, -0.1) is 0 Å². The summed E-state index contributed by atoms with van der Waals surface area (Å²) in [5, 5.41) is 16.4. The van der Waals surface area contributed by atoms with Gasteiger partial charge in [0.2, 0.25) is 0 Å². The summed E-state index contributed by atoms with van der Waals surface area (Å²) in [6, 6.07) is 19.6. The molecule has 0 unspecified atom stereocenters. The molecule has 3 aromatic carbocycles. The summed E-state index contributed by atoms with van der Waals surface area (Å²) in [7, 11) is 0. The van der Waals surface area contributed by atoms with Crippen LogP contribution >= 0.6 is 0 Å². The van der Waals surface area contributed by atoms with Crippen LogP contribution in [0.3, 0.4) is 0 Å². The zero-order chi connectivity index (χ0) is 28.9. The summed E-state index contributed by atoms with van der Waals surface area (Å²) in [6.07, 6.45) is 1.72. The number of hydrogen-bond acceptors (Lipinski definition) is 5. The number of amides is 1. The number of carbonyl (C=O) groups excluding carboxylic acids is 1. The molecule has 1 amide bonds. The minimum absolute atomic E-state index is 0.00629. The summed E-state index contributed by atoms with van der Waals surface area (Å²) in [6.45, 7) is 0. The lowest BCUT2D eigenvalue weighted by Crippen LogP contribution is -2.22. The second-order valence-electron chi connectivity index (χ2n) is 9.59. The lowest BCUT2D eigenvalue weighted by molar-refractivity contribution is -0.137. The first-order valence-electron chi connectivity index (χ1n) is 12.9. The number of halogens is 2. The molecule has 0 fully saturated rings. The third kappa shape index (κ3) is 6.55. The number of unbranched alkanes of at least 4 members (excludes halogenated alkanes) is 1. The first-order valence-corrected chi connectivity index (χ1v) is 12.9. The Morgan fingerprint density at radius 3 is 2.32 bits per heavy atom. The van der Waals surface area contributed by atoms with Gasteiger partial charge in [-0.3, -0.25) is 19.0 Å². The molecule has 2 aromatic heterocycles. The van der Waals surface area contributed by atoms with Crippen molar-refractivity contribution in [2.75, 3.05) is 5.32 Å². The predicted octanol–water partition coefficient (Wildman–Crippen LogP) is 5.90.